The molecule has 2 N–H and O–H groups in total. The van der Waals surface area contributed by atoms with E-state index in [1.165, 1.54) is 37.1 Å². The van der Waals surface area contributed by atoms with Gasteiger partial charge in [0.2, 0.25) is 0 Å². The van der Waals surface area contributed by atoms with Crippen molar-refractivity contribution in [2.24, 2.45) is 0 Å². The number of rotatable bonds is 5. The minimum absolute atomic E-state index is 0.0704. The summed E-state index contributed by atoms with van der Waals surface area (Å²) < 4.78 is 0. The van der Waals surface area contributed by atoms with Gasteiger partial charge >= 0.3 is 6.03 Å². The molecule has 0 spiro atoms. The summed E-state index contributed by atoms with van der Waals surface area (Å²) in [4.78, 5) is 16.2. The number of hydrogen-bond acceptors (Lipinski definition) is 3. The van der Waals surface area contributed by atoms with Crippen molar-refractivity contribution >= 4 is 23.5 Å². The molecule has 2 atom stereocenters. The topological polar surface area (TPSA) is 44.4 Å². The molecule has 0 aromatic heterocycles. The van der Waals surface area contributed by atoms with E-state index in [4.69, 9.17) is 0 Å². The molecule has 4 nitrogen and oxygen atoms in total. The summed E-state index contributed by atoms with van der Waals surface area (Å²) in [5.74, 6) is 0. The zero-order valence-corrected chi connectivity index (χ0v) is 15.6. The van der Waals surface area contributed by atoms with Gasteiger partial charge < -0.3 is 10.6 Å². The second kappa shape index (κ2) is 8.26. The van der Waals surface area contributed by atoms with Gasteiger partial charge in [0.15, 0.2) is 0 Å². The van der Waals surface area contributed by atoms with Gasteiger partial charge in [-0.1, -0.05) is 13.3 Å². The first-order chi connectivity index (χ1) is 11.7. The van der Waals surface area contributed by atoms with Crippen LogP contribution in [-0.2, 0) is 0 Å². The molecule has 2 heterocycles. The highest BCUT2D eigenvalue weighted by atomic mass is 32.2. The first-order valence-corrected chi connectivity index (χ1v) is 10.4. The van der Waals surface area contributed by atoms with Crippen molar-refractivity contribution < 1.29 is 4.79 Å². The molecular formula is C19H29N3OS. The molecule has 2 fully saturated rings. The lowest BCUT2D eigenvalue weighted by Crippen LogP contribution is -2.57. The van der Waals surface area contributed by atoms with Gasteiger partial charge in [0.1, 0.15) is 0 Å². The van der Waals surface area contributed by atoms with E-state index in [1.807, 2.05) is 24.3 Å². The maximum atomic E-state index is 12.3. The summed E-state index contributed by atoms with van der Waals surface area (Å²) in [6.45, 7) is 3.46. The van der Waals surface area contributed by atoms with Crippen molar-refractivity contribution in [2.75, 3.05) is 18.1 Å². The van der Waals surface area contributed by atoms with Gasteiger partial charge in [-0.25, -0.2) is 4.79 Å². The molecule has 2 unspecified atom stereocenters. The Morgan fingerprint density at radius 1 is 1.21 bits per heavy atom. The zero-order valence-electron chi connectivity index (χ0n) is 14.8. The Balaban J connectivity index is 1.53. The SMILES string of the molecule is CCCN1C2CCCC1CC(NC(=O)Nc1ccc(SC)cc1)C2. The number of piperidine rings is 2. The highest BCUT2D eigenvalue weighted by molar-refractivity contribution is 7.98. The fourth-order valence-electron chi connectivity index (χ4n) is 4.25. The van der Waals surface area contributed by atoms with E-state index in [9.17, 15) is 4.79 Å². The minimum Gasteiger partial charge on any atom is -0.335 e. The van der Waals surface area contributed by atoms with E-state index in [0.717, 1.165) is 18.5 Å². The van der Waals surface area contributed by atoms with Gasteiger partial charge in [-0.2, -0.15) is 0 Å². The van der Waals surface area contributed by atoms with Crippen LogP contribution < -0.4 is 10.6 Å². The molecule has 24 heavy (non-hydrogen) atoms. The maximum Gasteiger partial charge on any atom is 0.319 e. The number of carbonyl (C=O) groups is 1. The van der Waals surface area contributed by atoms with Gasteiger partial charge in [-0.05, 0) is 69.2 Å². The van der Waals surface area contributed by atoms with Crippen LogP contribution in [0.15, 0.2) is 29.2 Å². The molecule has 0 aliphatic carbocycles. The second-order valence-corrected chi connectivity index (χ2v) is 7.85. The number of nitrogens with one attached hydrogen (secondary N) is 2. The van der Waals surface area contributed by atoms with E-state index < -0.39 is 0 Å². The summed E-state index contributed by atoms with van der Waals surface area (Å²) in [6.07, 6.45) is 9.37. The highest BCUT2D eigenvalue weighted by Crippen LogP contribution is 2.34. The van der Waals surface area contributed by atoms with Crippen molar-refractivity contribution in [1.82, 2.24) is 10.2 Å². The van der Waals surface area contributed by atoms with E-state index >= 15 is 0 Å². The third-order valence-electron chi connectivity index (χ3n) is 5.29. The lowest BCUT2D eigenvalue weighted by Gasteiger charge is -2.49. The molecule has 2 aliphatic rings. The first kappa shape index (κ1) is 17.6. The van der Waals surface area contributed by atoms with E-state index in [2.05, 4.69) is 28.7 Å². The Bertz CT molecular complexity index is 534. The van der Waals surface area contributed by atoms with Crippen molar-refractivity contribution in [3.05, 3.63) is 24.3 Å². The smallest absolute Gasteiger partial charge is 0.319 e. The lowest BCUT2D eigenvalue weighted by molar-refractivity contribution is 0.0272. The molecule has 0 radical (unpaired) electrons. The van der Waals surface area contributed by atoms with Crippen LogP contribution in [0.3, 0.4) is 0 Å². The van der Waals surface area contributed by atoms with Crippen molar-refractivity contribution in [1.29, 1.82) is 0 Å². The summed E-state index contributed by atoms with van der Waals surface area (Å²) in [5, 5.41) is 6.17. The molecule has 3 rings (SSSR count). The van der Waals surface area contributed by atoms with Crippen LogP contribution in [0.5, 0.6) is 0 Å². The Labute approximate surface area is 149 Å². The van der Waals surface area contributed by atoms with Crippen LogP contribution in [0.4, 0.5) is 10.5 Å². The van der Waals surface area contributed by atoms with Crippen LogP contribution >= 0.6 is 11.8 Å². The molecule has 2 aliphatic heterocycles. The van der Waals surface area contributed by atoms with E-state index in [1.54, 1.807) is 11.8 Å². The Hall–Kier alpha value is -1.20. The number of carbonyl (C=O) groups excluding carboxylic acids is 1. The van der Waals surface area contributed by atoms with Crippen molar-refractivity contribution in [3.8, 4) is 0 Å². The number of thioether (sulfide) groups is 1. The van der Waals surface area contributed by atoms with Gasteiger partial charge in [-0.15, -0.1) is 11.8 Å². The predicted octanol–water partition coefficient (Wildman–Crippen LogP) is 4.33. The number of anilines is 1. The summed E-state index contributed by atoms with van der Waals surface area (Å²) >= 11 is 1.71. The normalized spacial score (nSPS) is 26.8. The zero-order chi connectivity index (χ0) is 16.9. The Kier molecular flexibility index (Phi) is 6.06. The summed E-state index contributed by atoms with van der Waals surface area (Å²) in [6, 6.07) is 9.54. The second-order valence-electron chi connectivity index (χ2n) is 6.97. The molecule has 1 aromatic carbocycles. The molecular weight excluding hydrogens is 318 g/mol. The van der Waals surface area contributed by atoms with Crippen LogP contribution in [0.25, 0.3) is 0 Å². The van der Waals surface area contributed by atoms with E-state index in [-0.39, 0.29) is 6.03 Å². The first-order valence-electron chi connectivity index (χ1n) is 9.17. The third kappa shape index (κ3) is 4.25. The standard InChI is InChI=1S/C19H29N3OS/c1-3-11-22-16-5-4-6-17(22)13-15(12-16)21-19(23)20-14-7-9-18(24-2)10-8-14/h7-10,15-17H,3-6,11-13H2,1-2H3,(H2,20,21,23). The fraction of sp³-hybridized carbons (Fsp3) is 0.632. The average Bonchev–Trinajstić information content (AvgIpc) is 2.56. The molecule has 2 amide bonds. The minimum atomic E-state index is -0.0704. The quantitative estimate of drug-likeness (QED) is 0.780. The van der Waals surface area contributed by atoms with Crippen LogP contribution in [-0.4, -0.2) is 41.9 Å². The fourth-order valence-corrected chi connectivity index (χ4v) is 4.65. The molecule has 1 aromatic rings. The molecule has 2 saturated heterocycles. The van der Waals surface area contributed by atoms with Gasteiger partial charge in [0.25, 0.3) is 0 Å². The summed E-state index contributed by atoms with van der Waals surface area (Å²) in [5.41, 5.74) is 0.855. The van der Waals surface area contributed by atoms with E-state index in [0.29, 0.717) is 18.1 Å². The number of hydrogen-bond donors (Lipinski definition) is 2. The number of urea groups is 1. The predicted molar refractivity (Wildman–Crippen MR) is 102 cm³/mol. The molecule has 132 valence electrons. The number of benzene rings is 1. The Morgan fingerprint density at radius 3 is 2.46 bits per heavy atom. The Morgan fingerprint density at radius 2 is 1.88 bits per heavy atom. The number of nitrogens with zero attached hydrogens (tertiary/aromatic N) is 1. The summed E-state index contributed by atoms with van der Waals surface area (Å²) in [7, 11) is 0. The van der Waals surface area contributed by atoms with Crippen molar-refractivity contribution in [2.45, 2.75) is 68.5 Å². The monoisotopic (exact) mass is 347 g/mol. The lowest BCUT2D eigenvalue weighted by atomic mass is 9.81. The number of fused-ring (bicyclic) bond motifs is 2. The van der Waals surface area contributed by atoms with Crippen LogP contribution in [0.2, 0.25) is 0 Å². The third-order valence-corrected chi connectivity index (χ3v) is 6.03. The number of amides is 2. The average molecular weight is 348 g/mol. The largest absolute Gasteiger partial charge is 0.335 e. The molecule has 5 heteroatoms. The molecule has 2 bridgehead atoms. The molecule has 0 saturated carbocycles. The highest BCUT2D eigenvalue weighted by Gasteiger charge is 2.37. The van der Waals surface area contributed by atoms with Gasteiger partial charge in [0.05, 0.1) is 0 Å². The van der Waals surface area contributed by atoms with Crippen LogP contribution in [0.1, 0.15) is 45.4 Å². The van der Waals surface area contributed by atoms with Crippen LogP contribution in [0, 0.1) is 0 Å². The maximum absolute atomic E-state index is 12.3. The van der Waals surface area contributed by atoms with Gasteiger partial charge in [-0.3, -0.25) is 4.90 Å². The van der Waals surface area contributed by atoms with Gasteiger partial charge in [0, 0.05) is 28.7 Å². The van der Waals surface area contributed by atoms with Crippen molar-refractivity contribution in [3.63, 3.8) is 0 Å².